The third kappa shape index (κ3) is 6.22. The number of nitrogens with zero attached hydrogens (tertiary/aromatic N) is 1. The van der Waals surface area contributed by atoms with Crippen molar-refractivity contribution < 1.29 is 23.2 Å². The van der Waals surface area contributed by atoms with Crippen molar-refractivity contribution in [2.45, 2.75) is 18.2 Å². The Balaban J connectivity index is 2.81. The summed E-state index contributed by atoms with van der Waals surface area (Å²) in [7, 11) is -3.65. The first-order valence-corrected chi connectivity index (χ1v) is 9.17. The van der Waals surface area contributed by atoms with Gasteiger partial charge in [-0.3, -0.25) is 14.9 Å². The minimum Gasteiger partial charge on any atom is -0.396 e. The molecule has 0 spiro atoms. The molecule has 0 bridgehead atoms. The lowest BCUT2D eigenvalue weighted by Gasteiger charge is -2.12. The summed E-state index contributed by atoms with van der Waals surface area (Å²) >= 11 is 0. The van der Waals surface area contributed by atoms with Gasteiger partial charge in [-0.15, -0.1) is 0 Å². The van der Waals surface area contributed by atoms with Gasteiger partial charge >= 0.3 is 0 Å². The number of carbonyl (C=O) groups excluding carboxylic acids is 1. The van der Waals surface area contributed by atoms with Gasteiger partial charge in [0.1, 0.15) is 0 Å². The number of hydrogen-bond acceptors (Lipinski definition) is 7. The van der Waals surface area contributed by atoms with Gasteiger partial charge in [-0.05, 0) is 18.4 Å². The highest BCUT2D eigenvalue weighted by molar-refractivity contribution is 7.90. The van der Waals surface area contributed by atoms with Crippen molar-refractivity contribution in [2.24, 2.45) is 5.92 Å². The minimum absolute atomic E-state index is 0.00766. The van der Waals surface area contributed by atoms with Crippen LogP contribution in [0.4, 0.5) is 11.4 Å². The maximum absolute atomic E-state index is 11.9. The summed E-state index contributed by atoms with van der Waals surface area (Å²) in [6.07, 6.45) is 1.69. The number of hydrogen-bond donors (Lipinski definition) is 3. The van der Waals surface area contributed by atoms with Crippen molar-refractivity contribution in [3.63, 3.8) is 0 Å². The number of anilines is 1. The average molecular weight is 359 g/mol. The van der Waals surface area contributed by atoms with Crippen molar-refractivity contribution in [3.8, 4) is 0 Å². The molecule has 0 unspecified atom stereocenters. The SMILES string of the molecule is CC[C@@H](CO)CNCC(=O)Nc1cc([N+](=O)[O-])cc(S(C)(=O)=O)c1. The Labute approximate surface area is 140 Å². The normalized spacial score (nSPS) is 12.6. The van der Waals surface area contributed by atoms with Crippen LogP contribution in [0.3, 0.4) is 0 Å². The quantitative estimate of drug-likeness (QED) is 0.432. The first-order chi connectivity index (χ1) is 11.2. The van der Waals surface area contributed by atoms with Crippen LogP contribution in [0.1, 0.15) is 13.3 Å². The fraction of sp³-hybridized carbons (Fsp3) is 0.500. The van der Waals surface area contributed by atoms with E-state index in [9.17, 15) is 23.3 Å². The van der Waals surface area contributed by atoms with Crippen molar-refractivity contribution in [2.75, 3.05) is 31.3 Å². The van der Waals surface area contributed by atoms with E-state index in [1.165, 1.54) is 6.07 Å². The van der Waals surface area contributed by atoms with Crippen LogP contribution >= 0.6 is 0 Å². The number of nitrogens with one attached hydrogen (secondary N) is 2. The lowest BCUT2D eigenvalue weighted by atomic mass is 10.1. The molecule has 1 aromatic rings. The smallest absolute Gasteiger partial charge is 0.272 e. The number of nitro benzene ring substituents is 1. The largest absolute Gasteiger partial charge is 0.396 e. The lowest BCUT2D eigenvalue weighted by Crippen LogP contribution is -2.32. The second-order valence-electron chi connectivity index (χ2n) is 5.38. The summed E-state index contributed by atoms with van der Waals surface area (Å²) in [5, 5.41) is 25.2. The predicted molar refractivity (Wildman–Crippen MR) is 88.6 cm³/mol. The molecule has 0 aliphatic carbocycles. The summed E-state index contributed by atoms with van der Waals surface area (Å²) in [5.41, 5.74) is -0.391. The van der Waals surface area contributed by atoms with Gasteiger partial charge in [0.25, 0.3) is 5.69 Å². The average Bonchev–Trinajstić information content (AvgIpc) is 2.50. The standard InChI is InChI=1S/C14H21N3O6S/c1-3-10(9-18)7-15-8-14(19)16-11-4-12(17(20)21)6-13(5-11)24(2,22)23/h4-6,10,15,18H,3,7-9H2,1-2H3,(H,16,19)/t10-/m1/s1. The Morgan fingerprint density at radius 2 is 2.04 bits per heavy atom. The zero-order chi connectivity index (χ0) is 18.3. The van der Waals surface area contributed by atoms with Crippen LogP contribution in [0, 0.1) is 16.0 Å². The molecule has 24 heavy (non-hydrogen) atoms. The summed E-state index contributed by atoms with van der Waals surface area (Å²) in [6.45, 7) is 2.31. The zero-order valence-corrected chi connectivity index (χ0v) is 14.3. The fourth-order valence-electron chi connectivity index (χ4n) is 1.91. The van der Waals surface area contributed by atoms with E-state index in [2.05, 4.69) is 10.6 Å². The van der Waals surface area contributed by atoms with Gasteiger partial charge < -0.3 is 15.7 Å². The summed E-state index contributed by atoms with van der Waals surface area (Å²) in [4.78, 5) is 21.8. The van der Waals surface area contributed by atoms with Crippen molar-refractivity contribution in [1.82, 2.24) is 5.32 Å². The van der Waals surface area contributed by atoms with E-state index in [1.54, 1.807) is 0 Å². The van der Waals surface area contributed by atoms with E-state index in [-0.39, 0.29) is 29.7 Å². The molecule has 1 atom stereocenters. The molecule has 9 nitrogen and oxygen atoms in total. The van der Waals surface area contributed by atoms with Crippen LogP contribution in [0.2, 0.25) is 0 Å². The molecule has 134 valence electrons. The van der Waals surface area contributed by atoms with E-state index >= 15 is 0 Å². The number of carbonyl (C=O) groups is 1. The minimum atomic E-state index is -3.65. The summed E-state index contributed by atoms with van der Waals surface area (Å²) < 4.78 is 23.2. The van der Waals surface area contributed by atoms with E-state index in [1.807, 2.05) is 6.92 Å². The number of aliphatic hydroxyl groups is 1. The Kier molecular flexibility index (Phi) is 7.26. The Morgan fingerprint density at radius 1 is 1.38 bits per heavy atom. The Hall–Kier alpha value is -2.04. The van der Waals surface area contributed by atoms with Crippen molar-refractivity contribution >= 4 is 27.1 Å². The number of non-ortho nitro benzene ring substituents is 1. The Bertz CT molecular complexity index is 700. The molecule has 1 aromatic carbocycles. The van der Waals surface area contributed by atoms with Gasteiger partial charge in [0.05, 0.1) is 16.4 Å². The first kappa shape index (κ1) is 20.0. The molecule has 0 saturated carbocycles. The zero-order valence-electron chi connectivity index (χ0n) is 13.5. The van der Waals surface area contributed by atoms with Crippen molar-refractivity contribution in [1.29, 1.82) is 0 Å². The monoisotopic (exact) mass is 359 g/mol. The van der Waals surface area contributed by atoms with Gasteiger partial charge in [-0.1, -0.05) is 6.92 Å². The summed E-state index contributed by atoms with van der Waals surface area (Å²) in [6, 6.07) is 3.20. The maximum Gasteiger partial charge on any atom is 0.272 e. The van der Waals surface area contributed by atoms with Crippen LogP contribution < -0.4 is 10.6 Å². The molecule has 10 heteroatoms. The van der Waals surface area contributed by atoms with Gasteiger partial charge in [0, 0.05) is 37.2 Å². The van der Waals surface area contributed by atoms with Crippen LogP contribution in [0.25, 0.3) is 0 Å². The third-order valence-electron chi connectivity index (χ3n) is 3.37. The molecule has 1 amide bonds. The maximum atomic E-state index is 11.9. The number of sulfone groups is 1. The number of nitro groups is 1. The number of aliphatic hydroxyl groups excluding tert-OH is 1. The highest BCUT2D eigenvalue weighted by Crippen LogP contribution is 2.24. The van der Waals surface area contributed by atoms with Crippen LogP contribution in [0.5, 0.6) is 0 Å². The van der Waals surface area contributed by atoms with E-state index < -0.39 is 26.4 Å². The molecule has 0 radical (unpaired) electrons. The molecule has 0 saturated heterocycles. The molecule has 0 aliphatic heterocycles. The lowest BCUT2D eigenvalue weighted by molar-refractivity contribution is -0.385. The second kappa shape index (κ2) is 8.71. The molecular weight excluding hydrogens is 338 g/mol. The third-order valence-corrected chi connectivity index (χ3v) is 4.46. The Morgan fingerprint density at radius 3 is 2.54 bits per heavy atom. The van der Waals surface area contributed by atoms with Gasteiger partial charge in [0.2, 0.25) is 5.91 Å². The summed E-state index contributed by atoms with van der Waals surface area (Å²) in [5.74, 6) is -0.435. The molecule has 3 N–H and O–H groups in total. The number of amides is 1. The van der Waals surface area contributed by atoms with Gasteiger partial charge in [-0.2, -0.15) is 0 Å². The van der Waals surface area contributed by atoms with E-state index in [4.69, 9.17) is 5.11 Å². The highest BCUT2D eigenvalue weighted by Gasteiger charge is 2.17. The van der Waals surface area contributed by atoms with Crippen LogP contribution in [0.15, 0.2) is 23.1 Å². The number of benzene rings is 1. The first-order valence-electron chi connectivity index (χ1n) is 7.28. The van der Waals surface area contributed by atoms with E-state index in [0.29, 0.717) is 6.54 Å². The topological polar surface area (TPSA) is 139 Å². The van der Waals surface area contributed by atoms with Crippen molar-refractivity contribution in [3.05, 3.63) is 28.3 Å². The molecule has 0 aliphatic rings. The molecule has 1 rings (SSSR count). The van der Waals surface area contributed by atoms with Gasteiger partial charge in [-0.25, -0.2) is 8.42 Å². The van der Waals surface area contributed by atoms with Gasteiger partial charge in [0.15, 0.2) is 9.84 Å². The fourth-order valence-corrected chi connectivity index (χ4v) is 2.58. The molecular formula is C14H21N3O6S. The predicted octanol–water partition coefficient (Wildman–Crippen LogP) is 0.545. The van der Waals surface area contributed by atoms with E-state index in [0.717, 1.165) is 24.8 Å². The molecule has 0 heterocycles. The second-order valence-corrected chi connectivity index (χ2v) is 7.40. The molecule has 0 fully saturated rings. The van der Waals surface area contributed by atoms with Crippen LogP contribution in [-0.2, 0) is 14.6 Å². The van der Waals surface area contributed by atoms with Crippen LogP contribution in [-0.4, -0.2) is 50.3 Å². The number of rotatable bonds is 9. The highest BCUT2D eigenvalue weighted by atomic mass is 32.2. The molecule has 0 aromatic heterocycles.